The molecule has 4 saturated carbocycles. The zero-order chi connectivity index (χ0) is 32.6. The Morgan fingerprint density at radius 2 is 1.64 bits per heavy atom. The van der Waals surface area contributed by atoms with E-state index in [0.29, 0.717) is 24.9 Å². The molecule has 0 aliphatic heterocycles. The number of esters is 1. The van der Waals surface area contributed by atoms with Crippen LogP contribution in [0.4, 0.5) is 0 Å². The molecule has 10 atom stereocenters. The second kappa shape index (κ2) is 11.0. The monoisotopic (exact) mass is 618 g/mol. The lowest BCUT2D eigenvalue weighted by atomic mass is 9.33. The van der Waals surface area contributed by atoms with Gasteiger partial charge in [0, 0.05) is 11.5 Å². The molecule has 1 aromatic carbocycles. The van der Waals surface area contributed by atoms with E-state index in [9.17, 15) is 24.9 Å². The number of phenols is 1. The second-order valence-electron chi connectivity index (χ2n) is 16.8. The fraction of sp³-hybridized carbons (Fsp3) is 0.692. The molecule has 246 valence electrons. The molecule has 0 bridgehead atoms. The van der Waals surface area contributed by atoms with E-state index in [0.717, 1.165) is 62.5 Å². The molecule has 4 fully saturated rings. The van der Waals surface area contributed by atoms with Crippen LogP contribution in [-0.2, 0) is 14.3 Å². The first-order valence-electron chi connectivity index (χ1n) is 17.4. The van der Waals surface area contributed by atoms with Crippen LogP contribution in [0.2, 0.25) is 0 Å². The van der Waals surface area contributed by atoms with Crippen molar-refractivity contribution in [3.63, 3.8) is 0 Å². The lowest BCUT2D eigenvalue weighted by Crippen LogP contribution is -2.67. The third kappa shape index (κ3) is 4.66. The number of hydrogen-bond donors (Lipinski definition) is 3. The minimum absolute atomic E-state index is 0.0282. The van der Waals surface area contributed by atoms with Gasteiger partial charge in [-0.25, -0.2) is 4.79 Å². The number of aromatic hydroxyl groups is 1. The lowest BCUT2D eigenvalue weighted by molar-refractivity contribution is -0.217. The van der Waals surface area contributed by atoms with Gasteiger partial charge in [-0.3, -0.25) is 4.79 Å². The normalized spacial score (nSPS) is 43.7. The topological polar surface area (TPSA) is 104 Å². The highest BCUT2D eigenvalue weighted by Crippen LogP contribution is 2.76. The summed E-state index contributed by atoms with van der Waals surface area (Å²) in [6, 6.07) is 6.67. The molecule has 45 heavy (non-hydrogen) atoms. The molecule has 1 aromatic rings. The zero-order valence-electron chi connectivity index (χ0n) is 28.1. The van der Waals surface area contributed by atoms with Gasteiger partial charge in [0.25, 0.3) is 0 Å². The molecule has 0 unspecified atom stereocenters. The summed E-state index contributed by atoms with van der Waals surface area (Å²) in [6.07, 6.45) is 12.9. The Hall–Kier alpha value is -2.60. The summed E-state index contributed by atoms with van der Waals surface area (Å²) in [4.78, 5) is 26.9. The Morgan fingerprint density at radius 1 is 0.933 bits per heavy atom. The van der Waals surface area contributed by atoms with E-state index < -0.39 is 17.4 Å². The number of rotatable bonds is 5. The predicted octanol–water partition coefficient (Wildman–Crippen LogP) is 8.03. The van der Waals surface area contributed by atoms with Crippen molar-refractivity contribution in [3.8, 4) is 5.75 Å². The van der Waals surface area contributed by atoms with Crippen LogP contribution >= 0.6 is 0 Å². The van der Waals surface area contributed by atoms with Crippen LogP contribution in [0.3, 0.4) is 0 Å². The Kier molecular flexibility index (Phi) is 7.90. The highest BCUT2D eigenvalue weighted by atomic mass is 16.5. The molecule has 0 spiro atoms. The van der Waals surface area contributed by atoms with Crippen LogP contribution in [0, 0.1) is 56.7 Å². The van der Waals surface area contributed by atoms with Gasteiger partial charge < -0.3 is 20.1 Å². The maximum absolute atomic E-state index is 13.9. The maximum Gasteiger partial charge on any atom is 0.330 e. The first kappa shape index (κ1) is 32.3. The number of carboxylic acid groups (broad SMARTS) is 1. The van der Waals surface area contributed by atoms with E-state index in [1.165, 1.54) is 6.08 Å². The molecule has 5 aliphatic rings. The van der Waals surface area contributed by atoms with E-state index in [2.05, 4.69) is 47.6 Å². The van der Waals surface area contributed by atoms with Gasteiger partial charge in [0.05, 0.1) is 18.1 Å². The SMILES string of the molecule is C[C@H]1[C@H](C)CC[C@]2(COC(=O)/C=C\c3ccc(O)cc3)CC[C@]3(C(=O)O)C(=CC[C@@H]4[C@@]5(C)CC[C@H](O)C(C)(C)[C@@H]5CC[C@]43C)[C@H]12. The second-order valence-corrected chi connectivity index (χ2v) is 16.8. The van der Waals surface area contributed by atoms with Gasteiger partial charge in [0.15, 0.2) is 0 Å². The van der Waals surface area contributed by atoms with E-state index >= 15 is 0 Å². The summed E-state index contributed by atoms with van der Waals surface area (Å²) in [6.45, 7) is 14.1. The van der Waals surface area contributed by atoms with Crippen LogP contribution in [0.15, 0.2) is 42.0 Å². The summed E-state index contributed by atoms with van der Waals surface area (Å²) in [5.74, 6) is 0.495. The predicted molar refractivity (Wildman–Crippen MR) is 175 cm³/mol. The van der Waals surface area contributed by atoms with E-state index in [4.69, 9.17) is 4.74 Å². The van der Waals surface area contributed by atoms with Crippen LogP contribution < -0.4 is 0 Å². The van der Waals surface area contributed by atoms with Gasteiger partial charge >= 0.3 is 11.9 Å². The van der Waals surface area contributed by atoms with Crippen molar-refractivity contribution in [3.05, 3.63) is 47.6 Å². The molecule has 0 heterocycles. The molecule has 0 radical (unpaired) electrons. The number of carbonyl (C=O) groups is 2. The summed E-state index contributed by atoms with van der Waals surface area (Å²) in [5, 5.41) is 32.0. The van der Waals surface area contributed by atoms with E-state index in [1.807, 2.05) is 0 Å². The fourth-order valence-corrected chi connectivity index (χ4v) is 12.0. The average molecular weight is 619 g/mol. The quantitative estimate of drug-likeness (QED) is 0.175. The molecule has 0 amide bonds. The molecule has 6 rings (SSSR count). The van der Waals surface area contributed by atoms with Crippen LogP contribution in [-0.4, -0.2) is 40.0 Å². The third-order valence-electron chi connectivity index (χ3n) is 14.8. The number of aliphatic hydroxyl groups is 1. The largest absolute Gasteiger partial charge is 0.508 e. The zero-order valence-corrected chi connectivity index (χ0v) is 28.1. The van der Waals surface area contributed by atoms with Crippen LogP contribution in [0.1, 0.15) is 105 Å². The number of carbonyl (C=O) groups excluding carboxylic acids is 1. The number of carboxylic acids is 1. The van der Waals surface area contributed by atoms with Crippen molar-refractivity contribution in [2.45, 2.75) is 105 Å². The minimum atomic E-state index is -0.938. The standard InChI is InChI=1S/C39H54O6/c1-24-15-20-38(23-45-32(42)14-9-26-7-10-27(40)11-8-26)21-22-39(34(43)44)28(33(38)25(24)2)12-13-30-36(5)18-17-31(41)35(3,4)29(36)16-19-37(30,39)6/h7-12,14,24-25,29-31,33,40-41H,13,15-23H2,1-6H3,(H,43,44)/b14-9-/t24-,25+,29+,30-,31+,33+,36+,37-,38-,39-/m1/s1. The van der Waals surface area contributed by atoms with Crippen molar-refractivity contribution in [1.82, 2.24) is 0 Å². The van der Waals surface area contributed by atoms with Gasteiger partial charge in [-0.1, -0.05) is 65.3 Å². The lowest BCUT2D eigenvalue weighted by Gasteiger charge is -2.70. The van der Waals surface area contributed by atoms with E-state index in [1.54, 1.807) is 30.3 Å². The first-order chi connectivity index (χ1) is 21.1. The van der Waals surface area contributed by atoms with Crippen molar-refractivity contribution in [1.29, 1.82) is 0 Å². The molecule has 6 nitrogen and oxygen atoms in total. The van der Waals surface area contributed by atoms with Crippen molar-refractivity contribution in [2.75, 3.05) is 6.61 Å². The Bertz CT molecular complexity index is 1390. The summed E-state index contributed by atoms with van der Waals surface area (Å²) in [5.41, 5.74) is 0.102. The molecule has 6 heteroatoms. The van der Waals surface area contributed by atoms with Gasteiger partial charge in [-0.15, -0.1) is 0 Å². The number of aliphatic hydroxyl groups excluding tert-OH is 1. The number of hydrogen-bond acceptors (Lipinski definition) is 5. The maximum atomic E-state index is 13.9. The molecular formula is C39H54O6. The summed E-state index contributed by atoms with van der Waals surface area (Å²) in [7, 11) is 0. The summed E-state index contributed by atoms with van der Waals surface area (Å²) < 4.78 is 6.02. The fourth-order valence-electron chi connectivity index (χ4n) is 12.0. The Morgan fingerprint density at radius 3 is 2.33 bits per heavy atom. The number of benzene rings is 1. The molecule has 0 aromatic heterocycles. The number of aliphatic carboxylic acids is 1. The van der Waals surface area contributed by atoms with Gasteiger partial charge in [-0.2, -0.15) is 0 Å². The number of phenolic OH excluding ortho intramolecular Hbond substituents is 1. The van der Waals surface area contributed by atoms with Gasteiger partial charge in [-0.05, 0) is 127 Å². The Labute approximate surface area is 269 Å². The van der Waals surface area contributed by atoms with Gasteiger partial charge in [0.1, 0.15) is 5.75 Å². The molecule has 3 N–H and O–H groups in total. The molecule has 5 aliphatic carbocycles. The summed E-state index contributed by atoms with van der Waals surface area (Å²) >= 11 is 0. The van der Waals surface area contributed by atoms with Crippen molar-refractivity contribution < 1.29 is 29.6 Å². The minimum Gasteiger partial charge on any atom is -0.508 e. The van der Waals surface area contributed by atoms with Gasteiger partial charge in [0.2, 0.25) is 0 Å². The average Bonchev–Trinajstić information content (AvgIpc) is 2.99. The van der Waals surface area contributed by atoms with E-state index in [-0.39, 0.29) is 51.3 Å². The van der Waals surface area contributed by atoms with Crippen LogP contribution in [0.25, 0.3) is 6.08 Å². The number of allylic oxidation sites excluding steroid dienone is 1. The van der Waals surface area contributed by atoms with Crippen molar-refractivity contribution >= 4 is 18.0 Å². The molecular weight excluding hydrogens is 564 g/mol. The molecule has 0 saturated heterocycles. The third-order valence-corrected chi connectivity index (χ3v) is 14.8. The number of fused-ring (bicyclic) bond motifs is 7. The smallest absolute Gasteiger partial charge is 0.330 e. The first-order valence-corrected chi connectivity index (χ1v) is 17.4. The van der Waals surface area contributed by atoms with Crippen LogP contribution in [0.5, 0.6) is 5.75 Å². The number of ether oxygens (including phenoxy) is 1. The van der Waals surface area contributed by atoms with Crippen molar-refractivity contribution in [2.24, 2.45) is 56.7 Å². The highest BCUT2D eigenvalue weighted by Gasteiger charge is 2.72. The highest BCUT2D eigenvalue weighted by molar-refractivity contribution is 5.87. The Balaban J connectivity index is 1.35.